The highest BCUT2D eigenvalue weighted by atomic mass is 16.6. The number of rotatable bonds is 5. The molecule has 1 amide bonds. The number of aromatic nitrogens is 4. The molecule has 14 heteroatoms. The van der Waals surface area contributed by atoms with Crippen molar-refractivity contribution in [1.82, 2.24) is 24.5 Å². The number of nitrogens with two attached hydrogens (primary N) is 1. The number of carboxylic acid groups (broad SMARTS) is 1. The molecule has 2 fully saturated rings. The van der Waals surface area contributed by atoms with Crippen molar-refractivity contribution >= 4 is 39.3 Å². The summed E-state index contributed by atoms with van der Waals surface area (Å²) >= 11 is 0. The molecule has 2 aromatic heterocycles. The standard InChI is InChI=1S/C18H24N4O4.C13H16N4O2/c1-18(2,3)20(17(23)24)12-6-4-7-13(10-12)21-15-8-5-9-16(22(25)26)14(15)11-19-21;14-9-3-1-4-10(7-9)16-12-5-2-6-13(17(18)19)11(12)8-15-16/h5,8-9,11-13H,4,6-7,10H2,1-3H3,(H,23,24);2,5-6,8-10H,1,3-4,7,14H2/t12-,13+;9-,10+/m11/s1. The van der Waals surface area contributed by atoms with E-state index in [-0.39, 0.29) is 40.5 Å². The minimum Gasteiger partial charge on any atom is -0.465 e. The molecule has 2 heterocycles. The minimum atomic E-state index is -0.913. The predicted molar refractivity (Wildman–Crippen MR) is 169 cm³/mol. The molecule has 3 N–H and O–H groups in total. The Morgan fingerprint density at radius 2 is 1.36 bits per heavy atom. The Bertz CT molecular complexity index is 1710. The van der Waals surface area contributed by atoms with Gasteiger partial charge in [-0.05, 0) is 84.3 Å². The first-order valence-corrected chi connectivity index (χ1v) is 15.4. The Morgan fingerprint density at radius 1 is 0.867 bits per heavy atom. The van der Waals surface area contributed by atoms with Gasteiger partial charge in [0, 0.05) is 29.8 Å². The molecule has 14 nitrogen and oxygen atoms in total. The van der Waals surface area contributed by atoms with E-state index in [1.165, 1.54) is 23.2 Å². The summed E-state index contributed by atoms with van der Waals surface area (Å²) in [5.41, 5.74) is 7.23. The fraction of sp³-hybridized carbons (Fsp3) is 0.516. The highest BCUT2D eigenvalue weighted by molar-refractivity contribution is 5.88. The maximum absolute atomic E-state index is 11.8. The van der Waals surface area contributed by atoms with Gasteiger partial charge in [0.15, 0.2) is 0 Å². The van der Waals surface area contributed by atoms with Crippen LogP contribution in [0.2, 0.25) is 0 Å². The Balaban J connectivity index is 0.000000186. The molecule has 2 aliphatic rings. The number of nitro groups is 2. The molecular weight excluding hydrogens is 580 g/mol. The average Bonchev–Trinajstić information content (AvgIpc) is 3.61. The fourth-order valence-electron chi connectivity index (χ4n) is 7.02. The molecule has 0 saturated heterocycles. The third-order valence-corrected chi connectivity index (χ3v) is 8.92. The van der Waals surface area contributed by atoms with Crippen LogP contribution in [0, 0.1) is 20.2 Å². The van der Waals surface area contributed by atoms with Gasteiger partial charge >= 0.3 is 6.09 Å². The molecule has 45 heavy (non-hydrogen) atoms. The normalized spacial score (nSPS) is 22.0. The number of carbonyl (C=O) groups is 1. The summed E-state index contributed by atoms with van der Waals surface area (Å²) in [6.45, 7) is 5.70. The van der Waals surface area contributed by atoms with Crippen LogP contribution >= 0.6 is 0 Å². The summed E-state index contributed by atoms with van der Waals surface area (Å²) in [6.07, 6.45) is 9.53. The van der Waals surface area contributed by atoms with Gasteiger partial charge in [0.05, 0.1) is 56.1 Å². The van der Waals surface area contributed by atoms with E-state index in [0.29, 0.717) is 17.2 Å². The summed E-state index contributed by atoms with van der Waals surface area (Å²) in [6, 6.07) is 10.5. The van der Waals surface area contributed by atoms with E-state index in [1.807, 2.05) is 42.3 Å². The second-order valence-corrected chi connectivity index (χ2v) is 13.0. The van der Waals surface area contributed by atoms with E-state index >= 15 is 0 Å². The van der Waals surface area contributed by atoms with Gasteiger partial charge in [0.2, 0.25) is 0 Å². The van der Waals surface area contributed by atoms with Crippen molar-refractivity contribution in [2.45, 2.75) is 102 Å². The largest absolute Gasteiger partial charge is 0.465 e. The second kappa shape index (κ2) is 12.8. The van der Waals surface area contributed by atoms with Gasteiger partial charge in [-0.25, -0.2) is 4.79 Å². The number of nitrogens with zero attached hydrogens (tertiary/aromatic N) is 7. The van der Waals surface area contributed by atoms with Crippen LogP contribution in [-0.2, 0) is 0 Å². The van der Waals surface area contributed by atoms with Crippen LogP contribution in [0.3, 0.4) is 0 Å². The zero-order chi connectivity index (χ0) is 32.5. The van der Waals surface area contributed by atoms with Crippen LogP contribution in [-0.4, -0.2) is 63.1 Å². The van der Waals surface area contributed by atoms with Gasteiger partial charge in [-0.2, -0.15) is 10.2 Å². The summed E-state index contributed by atoms with van der Waals surface area (Å²) in [4.78, 5) is 34.8. The van der Waals surface area contributed by atoms with E-state index in [1.54, 1.807) is 18.3 Å². The number of nitro benzene ring substituents is 2. The molecule has 0 unspecified atom stereocenters. The molecule has 4 aromatic rings. The Labute approximate surface area is 260 Å². The Kier molecular flexibility index (Phi) is 9.05. The van der Waals surface area contributed by atoms with E-state index in [4.69, 9.17) is 5.73 Å². The van der Waals surface area contributed by atoms with Crippen molar-refractivity contribution in [2.75, 3.05) is 0 Å². The van der Waals surface area contributed by atoms with Crippen LogP contribution < -0.4 is 5.73 Å². The van der Waals surface area contributed by atoms with Gasteiger partial charge < -0.3 is 15.7 Å². The molecular formula is C31H40N8O6. The maximum atomic E-state index is 11.8. The highest BCUT2D eigenvalue weighted by Gasteiger charge is 2.37. The number of benzene rings is 2. The molecule has 2 aromatic carbocycles. The summed E-state index contributed by atoms with van der Waals surface area (Å²) in [7, 11) is 0. The zero-order valence-corrected chi connectivity index (χ0v) is 25.8. The van der Waals surface area contributed by atoms with Gasteiger partial charge in [-0.3, -0.25) is 29.6 Å². The van der Waals surface area contributed by atoms with Crippen LogP contribution in [0.25, 0.3) is 21.8 Å². The first kappa shape index (κ1) is 31.8. The number of non-ortho nitro benzene ring substituents is 2. The van der Waals surface area contributed by atoms with Gasteiger partial charge in [-0.1, -0.05) is 12.1 Å². The van der Waals surface area contributed by atoms with Crippen molar-refractivity contribution in [1.29, 1.82) is 0 Å². The average molecular weight is 621 g/mol. The van der Waals surface area contributed by atoms with Crippen molar-refractivity contribution < 1.29 is 19.7 Å². The van der Waals surface area contributed by atoms with Crippen LogP contribution in [0.5, 0.6) is 0 Å². The zero-order valence-electron chi connectivity index (χ0n) is 25.8. The molecule has 0 aliphatic heterocycles. The lowest BCUT2D eigenvalue weighted by atomic mass is 9.87. The third kappa shape index (κ3) is 6.60. The number of hydrogen-bond acceptors (Lipinski definition) is 8. The van der Waals surface area contributed by atoms with E-state index in [2.05, 4.69) is 10.2 Å². The monoisotopic (exact) mass is 620 g/mol. The molecule has 0 spiro atoms. The molecule has 2 aliphatic carbocycles. The predicted octanol–water partition coefficient (Wildman–Crippen LogP) is 6.59. The number of hydrogen-bond donors (Lipinski definition) is 2. The first-order valence-electron chi connectivity index (χ1n) is 15.4. The number of fused-ring (bicyclic) bond motifs is 2. The molecule has 0 bridgehead atoms. The molecule has 4 atom stereocenters. The van der Waals surface area contributed by atoms with Crippen molar-refractivity contribution in [2.24, 2.45) is 5.73 Å². The fourth-order valence-corrected chi connectivity index (χ4v) is 7.02. The van der Waals surface area contributed by atoms with E-state index in [9.17, 15) is 30.1 Å². The van der Waals surface area contributed by atoms with Crippen LogP contribution in [0.1, 0.15) is 84.2 Å². The minimum absolute atomic E-state index is 0.0254. The molecule has 240 valence electrons. The first-order chi connectivity index (χ1) is 21.4. The highest BCUT2D eigenvalue weighted by Crippen LogP contribution is 2.37. The smallest absolute Gasteiger partial charge is 0.407 e. The van der Waals surface area contributed by atoms with Crippen LogP contribution in [0.4, 0.5) is 16.2 Å². The maximum Gasteiger partial charge on any atom is 0.407 e. The topological polar surface area (TPSA) is 188 Å². The van der Waals surface area contributed by atoms with Crippen molar-refractivity contribution in [3.63, 3.8) is 0 Å². The van der Waals surface area contributed by atoms with E-state index < -0.39 is 16.6 Å². The third-order valence-electron chi connectivity index (χ3n) is 8.92. The Hall–Kier alpha value is -4.59. The lowest BCUT2D eigenvalue weighted by Crippen LogP contribution is -2.52. The van der Waals surface area contributed by atoms with Gasteiger partial charge in [-0.15, -0.1) is 0 Å². The lowest BCUT2D eigenvalue weighted by Gasteiger charge is -2.43. The van der Waals surface area contributed by atoms with Crippen molar-refractivity contribution in [3.8, 4) is 0 Å². The quantitative estimate of drug-likeness (QED) is 0.183. The number of amides is 1. The summed E-state index contributed by atoms with van der Waals surface area (Å²) in [5.74, 6) is 0. The SMILES string of the molecule is CC(C)(C)N(C(=O)O)[C@@H]1CCC[C@H](n2ncc3c([N+](=O)[O-])cccc32)C1.N[C@@H]1CCC[C@H](n2ncc3c([N+](=O)[O-])cccc32)C1. The second-order valence-electron chi connectivity index (χ2n) is 13.0. The van der Waals surface area contributed by atoms with Crippen molar-refractivity contribution in [3.05, 3.63) is 69.0 Å². The lowest BCUT2D eigenvalue weighted by molar-refractivity contribution is -0.383. The molecule has 6 rings (SSSR count). The summed E-state index contributed by atoms with van der Waals surface area (Å²) in [5, 5.41) is 41.8. The van der Waals surface area contributed by atoms with Crippen LogP contribution in [0.15, 0.2) is 48.8 Å². The van der Waals surface area contributed by atoms with Gasteiger partial charge in [0.1, 0.15) is 0 Å². The van der Waals surface area contributed by atoms with E-state index in [0.717, 1.165) is 56.0 Å². The van der Waals surface area contributed by atoms with Gasteiger partial charge in [0.25, 0.3) is 11.4 Å². The summed E-state index contributed by atoms with van der Waals surface area (Å²) < 4.78 is 3.73. The Morgan fingerprint density at radius 3 is 1.80 bits per heavy atom. The molecule has 0 radical (unpaired) electrons. The molecule has 2 saturated carbocycles.